The lowest BCUT2D eigenvalue weighted by molar-refractivity contribution is -0.138. The molecule has 0 aromatic rings. The first-order valence-corrected chi connectivity index (χ1v) is 4.46. The Bertz CT molecular complexity index is 125. The minimum Gasteiger partial charge on any atom is -0.316 e. The van der Waals surface area contributed by atoms with Crippen LogP contribution in [0.3, 0.4) is 0 Å². The fourth-order valence-corrected chi connectivity index (χ4v) is 1.00. The molecule has 0 fully saturated rings. The average Bonchev–Trinajstić information content (AvgIpc) is 1.94. The number of likely N-dealkylation sites (N-methyl/N-ethyl adjacent to an activating group) is 1. The summed E-state index contributed by atoms with van der Waals surface area (Å²) < 4.78 is 35.5. The van der Waals surface area contributed by atoms with Crippen LogP contribution in [0.5, 0.6) is 0 Å². The van der Waals surface area contributed by atoms with E-state index in [1.54, 1.807) is 6.92 Å². The number of alkyl halides is 3. The Kier molecular flexibility index (Phi) is 6.07. The van der Waals surface area contributed by atoms with E-state index in [2.05, 4.69) is 10.6 Å². The molecule has 0 aliphatic carbocycles. The van der Waals surface area contributed by atoms with E-state index in [0.717, 1.165) is 6.54 Å². The van der Waals surface area contributed by atoms with E-state index in [1.165, 1.54) is 0 Å². The summed E-state index contributed by atoms with van der Waals surface area (Å²) in [5, 5.41) is 5.81. The molecule has 0 heterocycles. The number of hydrogen-bond donors (Lipinski definition) is 2. The normalized spacial score (nSPS) is 14.5. The van der Waals surface area contributed by atoms with E-state index >= 15 is 0 Å². The number of hydrogen-bond acceptors (Lipinski definition) is 2. The molecule has 0 aliphatic rings. The van der Waals surface area contributed by atoms with Crippen molar-refractivity contribution in [2.24, 2.45) is 0 Å². The Balaban J connectivity index is 3.35. The first-order valence-electron chi connectivity index (χ1n) is 4.46. The summed E-state index contributed by atoms with van der Waals surface area (Å²) in [5.41, 5.74) is 0. The fourth-order valence-electron chi connectivity index (χ4n) is 1.00. The summed E-state index contributed by atoms with van der Waals surface area (Å²) in [6.07, 6.45) is -4.83. The summed E-state index contributed by atoms with van der Waals surface area (Å²) in [5.74, 6) is 0. The molecule has 2 nitrogen and oxygen atoms in total. The van der Waals surface area contributed by atoms with Gasteiger partial charge in [-0.3, -0.25) is 0 Å². The van der Waals surface area contributed by atoms with Gasteiger partial charge in [0.2, 0.25) is 0 Å². The Labute approximate surface area is 76.9 Å². The third-order valence-electron chi connectivity index (χ3n) is 1.58. The number of rotatable bonds is 6. The SMILES string of the molecule is CCNCCNC(C)CC(F)(F)F. The topological polar surface area (TPSA) is 24.1 Å². The van der Waals surface area contributed by atoms with Gasteiger partial charge in [0, 0.05) is 19.1 Å². The predicted molar refractivity (Wildman–Crippen MR) is 46.7 cm³/mol. The van der Waals surface area contributed by atoms with Gasteiger partial charge in [0.05, 0.1) is 6.42 Å². The minimum atomic E-state index is -4.06. The zero-order valence-electron chi connectivity index (χ0n) is 8.04. The Morgan fingerprint density at radius 2 is 1.85 bits per heavy atom. The van der Waals surface area contributed by atoms with Crippen LogP contribution in [0.1, 0.15) is 20.3 Å². The molecule has 0 saturated heterocycles. The molecule has 5 heteroatoms. The molecule has 0 amide bonds. The van der Waals surface area contributed by atoms with Gasteiger partial charge in [-0.05, 0) is 13.5 Å². The third kappa shape index (κ3) is 9.63. The Morgan fingerprint density at radius 1 is 1.23 bits per heavy atom. The largest absolute Gasteiger partial charge is 0.390 e. The zero-order chi connectivity index (χ0) is 10.3. The maximum Gasteiger partial charge on any atom is 0.390 e. The lowest BCUT2D eigenvalue weighted by atomic mass is 10.2. The van der Waals surface area contributed by atoms with Crippen LogP contribution in [-0.4, -0.2) is 31.9 Å². The average molecular weight is 198 g/mol. The molecule has 0 rings (SSSR count). The second-order valence-corrected chi connectivity index (χ2v) is 3.03. The Hall–Kier alpha value is -0.290. The van der Waals surface area contributed by atoms with Crippen molar-refractivity contribution in [1.82, 2.24) is 10.6 Å². The molecule has 80 valence electrons. The highest BCUT2D eigenvalue weighted by molar-refractivity contribution is 4.65. The fraction of sp³-hybridized carbons (Fsp3) is 1.00. The van der Waals surface area contributed by atoms with Crippen molar-refractivity contribution in [2.45, 2.75) is 32.5 Å². The van der Waals surface area contributed by atoms with E-state index in [-0.39, 0.29) is 0 Å². The summed E-state index contributed by atoms with van der Waals surface area (Å²) in [7, 11) is 0. The van der Waals surface area contributed by atoms with E-state index in [1.807, 2.05) is 6.92 Å². The van der Waals surface area contributed by atoms with E-state index in [4.69, 9.17) is 0 Å². The second kappa shape index (κ2) is 6.21. The van der Waals surface area contributed by atoms with Crippen molar-refractivity contribution in [1.29, 1.82) is 0 Å². The maximum atomic E-state index is 11.8. The van der Waals surface area contributed by atoms with Gasteiger partial charge in [-0.15, -0.1) is 0 Å². The molecular formula is C8H17F3N2. The van der Waals surface area contributed by atoms with Crippen molar-refractivity contribution in [2.75, 3.05) is 19.6 Å². The monoisotopic (exact) mass is 198 g/mol. The zero-order valence-corrected chi connectivity index (χ0v) is 8.04. The van der Waals surface area contributed by atoms with Gasteiger partial charge < -0.3 is 10.6 Å². The van der Waals surface area contributed by atoms with Crippen molar-refractivity contribution in [3.05, 3.63) is 0 Å². The maximum absolute atomic E-state index is 11.8. The second-order valence-electron chi connectivity index (χ2n) is 3.03. The van der Waals surface area contributed by atoms with Crippen LogP contribution in [0.2, 0.25) is 0 Å². The van der Waals surface area contributed by atoms with Crippen LogP contribution in [0.25, 0.3) is 0 Å². The van der Waals surface area contributed by atoms with Crippen LogP contribution >= 0.6 is 0 Å². The van der Waals surface area contributed by atoms with Crippen molar-refractivity contribution >= 4 is 0 Å². The van der Waals surface area contributed by atoms with E-state index in [9.17, 15) is 13.2 Å². The molecule has 0 spiro atoms. The molecule has 0 aromatic heterocycles. The molecular weight excluding hydrogens is 181 g/mol. The van der Waals surface area contributed by atoms with Gasteiger partial charge in [-0.1, -0.05) is 6.92 Å². The van der Waals surface area contributed by atoms with Crippen LogP contribution in [0.15, 0.2) is 0 Å². The Morgan fingerprint density at radius 3 is 2.31 bits per heavy atom. The van der Waals surface area contributed by atoms with Crippen LogP contribution < -0.4 is 10.6 Å². The third-order valence-corrected chi connectivity index (χ3v) is 1.58. The van der Waals surface area contributed by atoms with Crippen molar-refractivity contribution in [3.63, 3.8) is 0 Å². The lowest BCUT2D eigenvalue weighted by Gasteiger charge is -2.15. The molecule has 0 aliphatic heterocycles. The molecule has 0 aromatic carbocycles. The van der Waals surface area contributed by atoms with Crippen LogP contribution in [0.4, 0.5) is 13.2 Å². The van der Waals surface area contributed by atoms with Gasteiger partial charge in [0.25, 0.3) is 0 Å². The van der Waals surface area contributed by atoms with Gasteiger partial charge in [-0.25, -0.2) is 0 Å². The molecule has 0 saturated carbocycles. The standard InChI is InChI=1S/C8H17F3N2/c1-3-12-4-5-13-7(2)6-8(9,10)11/h7,12-13H,3-6H2,1-2H3. The highest BCUT2D eigenvalue weighted by Gasteiger charge is 2.29. The smallest absolute Gasteiger partial charge is 0.316 e. The van der Waals surface area contributed by atoms with Crippen molar-refractivity contribution in [3.8, 4) is 0 Å². The molecule has 13 heavy (non-hydrogen) atoms. The van der Waals surface area contributed by atoms with Crippen LogP contribution in [0, 0.1) is 0 Å². The van der Waals surface area contributed by atoms with E-state index < -0.39 is 18.6 Å². The number of halogens is 3. The summed E-state index contributed by atoms with van der Waals surface area (Å²) in [6, 6.07) is -0.501. The first-order chi connectivity index (χ1) is 5.95. The molecule has 0 radical (unpaired) electrons. The van der Waals surface area contributed by atoms with Gasteiger partial charge in [-0.2, -0.15) is 13.2 Å². The molecule has 1 atom stereocenters. The summed E-state index contributed by atoms with van der Waals surface area (Å²) >= 11 is 0. The van der Waals surface area contributed by atoms with E-state index in [0.29, 0.717) is 13.1 Å². The first kappa shape index (κ1) is 12.7. The van der Waals surface area contributed by atoms with Gasteiger partial charge in [0.1, 0.15) is 0 Å². The highest BCUT2D eigenvalue weighted by Crippen LogP contribution is 2.20. The predicted octanol–water partition coefficient (Wildman–Crippen LogP) is 1.53. The lowest BCUT2D eigenvalue weighted by Crippen LogP contribution is -2.36. The van der Waals surface area contributed by atoms with Gasteiger partial charge >= 0.3 is 6.18 Å². The van der Waals surface area contributed by atoms with Crippen LogP contribution in [-0.2, 0) is 0 Å². The highest BCUT2D eigenvalue weighted by atomic mass is 19.4. The number of nitrogens with one attached hydrogen (secondary N) is 2. The summed E-state index contributed by atoms with van der Waals surface area (Å²) in [6.45, 7) is 5.62. The molecule has 0 bridgehead atoms. The molecule has 1 unspecified atom stereocenters. The minimum absolute atomic E-state index is 0.501. The molecule has 2 N–H and O–H groups in total. The quantitative estimate of drug-likeness (QED) is 0.632. The summed E-state index contributed by atoms with van der Waals surface area (Å²) in [4.78, 5) is 0. The van der Waals surface area contributed by atoms with Crippen molar-refractivity contribution < 1.29 is 13.2 Å². The van der Waals surface area contributed by atoms with Gasteiger partial charge in [0.15, 0.2) is 0 Å².